The second-order valence-electron chi connectivity index (χ2n) is 5.23. The van der Waals surface area contributed by atoms with Gasteiger partial charge in [0.15, 0.2) is 0 Å². The first-order chi connectivity index (χ1) is 8.49. The molecule has 0 aliphatic carbocycles. The van der Waals surface area contributed by atoms with E-state index in [2.05, 4.69) is 46.8 Å². The first-order valence-electron chi connectivity index (χ1n) is 6.98. The first-order valence-corrected chi connectivity index (χ1v) is 6.98. The number of carbonyl (C=O) groups is 1. The standard InChI is InChI=1S/C16H28O2/c1-6-7-8-9-10-11-12-15(17)18-16(13(2)3)14(4)5/h7-8,10-11,13-14,16H,6,9,12H2,1-5H3/b8-7-,11-10-. The van der Waals surface area contributed by atoms with Crippen LogP contribution < -0.4 is 0 Å². The summed E-state index contributed by atoms with van der Waals surface area (Å²) in [5, 5.41) is 0. The summed E-state index contributed by atoms with van der Waals surface area (Å²) in [7, 11) is 0. The fourth-order valence-electron chi connectivity index (χ4n) is 1.86. The van der Waals surface area contributed by atoms with Crippen LogP contribution in [0.3, 0.4) is 0 Å². The molecule has 0 unspecified atom stereocenters. The van der Waals surface area contributed by atoms with E-state index in [1.54, 1.807) is 0 Å². The molecule has 0 amide bonds. The zero-order valence-electron chi connectivity index (χ0n) is 12.5. The first kappa shape index (κ1) is 16.9. The molecule has 0 aliphatic heterocycles. The van der Waals surface area contributed by atoms with Crippen LogP contribution in [-0.4, -0.2) is 12.1 Å². The molecule has 2 nitrogen and oxygen atoms in total. The Morgan fingerprint density at radius 3 is 2.06 bits per heavy atom. The Balaban J connectivity index is 3.99. The van der Waals surface area contributed by atoms with E-state index in [1.807, 2.05) is 12.2 Å². The molecule has 2 heteroatoms. The third-order valence-electron chi connectivity index (χ3n) is 2.71. The minimum absolute atomic E-state index is 0.0193. The zero-order chi connectivity index (χ0) is 14.0. The Kier molecular flexibility index (Phi) is 9.35. The highest BCUT2D eigenvalue weighted by molar-refractivity contribution is 5.71. The zero-order valence-corrected chi connectivity index (χ0v) is 12.5. The average molecular weight is 252 g/mol. The molecular weight excluding hydrogens is 224 g/mol. The van der Waals surface area contributed by atoms with Crippen molar-refractivity contribution < 1.29 is 9.53 Å². The van der Waals surface area contributed by atoms with E-state index < -0.39 is 0 Å². The fourth-order valence-corrected chi connectivity index (χ4v) is 1.86. The van der Waals surface area contributed by atoms with Gasteiger partial charge in [-0.3, -0.25) is 4.79 Å². The molecule has 0 fully saturated rings. The summed E-state index contributed by atoms with van der Waals surface area (Å²) in [5.74, 6) is 0.606. The van der Waals surface area contributed by atoms with Crippen molar-refractivity contribution in [3.05, 3.63) is 24.3 Å². The van der Waals surface area contributed by atoms with Crippen molar-refractivity contribution in [3.63, 3.8) is 0 Å². The van der Waals surface area contributed by atoms with Crippen molar-refractivity contribution in [2.75, 3.05) is 0 Å². The summed E-state index contributed by atoms with van der Waals surface area (Å²) in [6.45, 7) is 10.5. The van der Waals surface area contributed by atoms with Crippen molar-refractivity contribution >= 4 is 5.97 Å². The molecule has 0 atom stereocenters. The number of rotatable bonds is 8. The van der Waals surface area contributed by atoms with Gasteiger partial charge in [0, 0.05) is 0 Å². The molecule has 0 saturated carbocycles. The van der Waals surface area contributed by atoms with Gasteiger partial charge in [0.2, 0.25) is 0 Å². The highest BCUT2D eigenvalue weighted by atomic mass is 16.5. The summed E-state index contributed by atoms with van der Waals surface area (Å²) in [5.41, 5.74) is 0. The van der Waals surface area contributed by atoms with Crippen LogP contribution in [0, 0.1) is 11.8 Å². The van der Waals surface area contributed by atoms with Gasteiger partial charge in [0.1, 0.15) is 6.10 Å². The highest BCUT2D eigenvalue weighted by Gasteiger charge is 2.21. The minimum Gasteiger partial charge on any atom is -0.462 e. The molecule has 0 spiro atoms. The van der Waals surface area contributed by atoms with Gasteiger partial charge in [-0.15, -0.1) is 0 Å². The lowest BCUT2D eigenvalue weighted by atomic mass is 9.96. The van der Waals surface area contributed by atoms with E-state index in [1.165, 1.54) is 0 Å². The average Bonchev–Trinajstić information content (AvgIpc) is 2.29. The van der Waals surface area contributed by atoms with E-state index >= 15 is 0 Å². The predicted molar refractivity (Wildman–Crippen MR) is 77.4 cm³/mol. The quantitative estimate of drug-likeness (QED) is 0.469. The number of carbonyl (C=O) groups excluding carboxylic acids is 1. The van der Waals surface area contributed by atoms with Gasteiger partial charge in [-0.2, -0.15) is 0 Å². The number of ether oxygens (including phenoxy) is 1. The van der Waals surface area contributed by atoms with Crippen LogP contribution >= 0.6 is 0 Å². The van der Waals surface area contributed by atoms with Gasteiger partial charge in [0.25, 0.3) is 0 Å². The van der Waals surface area contributed by atoms with Crippen molar-refractivity contribution in [1.29, 1.82) is 0 Å². The van der Waals surface area contributed by atoms with Crippen molar-refractivity contribution in [3.8, 4) is 0 Å². The summed E-state index contributed by atoms with van der Waals surface area (Å²) in [6.07, 6.45) is 10.5. The van der Waals surface area contributed by atoms with Crippen LogP contribution in [0.25, 0.3) is 0 Å². The minimum atomic E-state index is -0.127. The molecule has 0 aromatic rings. The van der Waals surface area contributed by atoms with E-state index in [0.717, 1.165) is 12.8 Å². The molecule has 0 rings (SSSR count). The molecule has 0 aromatic heterocycles. The Morgan fingerprint density at radius 1 is 1.00 bits per heavy atom. The molecule has 0 aliphatic rings. The van der Waals surface area contributed by atoms with Gasteiger partial charge < -0.3 is 4.74 Å². The molecule has 0 saturated heterocycles. The lowest BCUT2D eigenvalue weighted by molar-refractivity contribution is -0.152. The highest BCUT2D eigenvalue weighted by Crippen LogP contribution is 2.16. The second kappa shape index (κ2) is 9.93. The molecule has 0 radical (unpaired) electrons. The Bertz CT molecular complexity index is 267. The maximum Gasteiger partial charge on any atom is 0.309 e. The van der Waals surface area contributed by atoms with Crippen LogP contribution in [0.1, 0.15) is 53.9 Å². The van der Waals surface area contributed by atoms with Crippen molar-refractivity contribution in [2.24, 2.45) is 11.8 Å². The SMILES string of the molecule is CC/C=C\C/C=C\CC(=O)OC(C(C)C)C(C)C. The normalized spacial score (nSPS) is 12.4. The van der Waals surface area contributed by atoms with E-state index in [9.17, 15) is 4.79 Å². The van der Waals surface area contributed by atoms with E-state index in [-0.39, 0.29) is 12.1 Å². The maximum absolute atomic E-state index is 11.7. The maximum atomic E-state index is 11.7. The third kappa shape index (κ3) is 8.10. The molecule has 104 valence electrons. The van der Waals surface area contributed by atoms with Gasteiger partial charge in [0.05, 0.1) is 6.42 Å². The Morgan fingerprint density at radius 2 is 1.56 bits per heavy atom. The lowest BCUT2D eigenvalue weighted by Gasteiger charge is -2.24. The van der Waals surface area contributed by atoms with Gasteiger partial charge in [-0.25, -0.2) is 0 Å². The summed E-state index contributed by atoms with van der Waals surface area (Å²) < 4.78 is 5.49. The topological polar surface area (TPSA) is 26.3 Å². The number of esters is 1. The molecule has 0 N–H and O–H groups in total. The Hall–Kier alpha value is -1.05. The number of hydrogen-bond donors (Lipinski definition) is 0. The predicted octanol–water partition coefficient (Wildman–Crippen LogP) is 4.51. The molecular formula is C16H28O2. The lowest BCUT2D eigenvalue weighted by Crippen LogP contribution is -2.28. The van der Waals surface area contributed by atoms with Crippen molar-refractivity contribution in [2.45, 2.75) is 60.0 Å². The fraction of sp³-hybridized carbons (Fsp3) is 0.688. The van der Waals surface area contributed by atoms with Crippen LogP contribution in [0.5, 0.6) is 0 Å². The third-order valence-corrected chi connectivity index (χ3v) is 2.71. The summed E-state index contributed by atoms with van der Waals surface area (Å²) in [4.78, 5) is 11.7. The summed E-state index contributed by atoms with van der Waals surface area (Å²) in [6, 6.07) is 0. The number of hydrogen-bond acceptors (Lipinski definition) is 2. The van der Waals surface area contributed by atoms with Gasteiger partial charge in [-0.1, -0.05) is 58.9 Å². The van der Waals surface area contributed by atoms with Crippen LogP contribution in [0.4, 0.5) is 0 Å². The monoisotopic (exact) mass is 252 g/mol. The van der Waals surface area contributed by atoms with Crippen molar-refractivity contribution in [1.82, 2.24) is 0 Å². The van der Waals surface area contributed by atoms with Crippen LogP contribution in [0.15, 0.2) is 24.3 Å². The second-order valence-corrected chi connectivity index (χ2v) is 5.23. The Labute approximate surface area is 112 Å². The molecule has 0 aromatic carbocycles. The molecule has 0 bridgehead atoms. The molecule has 0 heterocycles. The van der Waals surface area contributed by atoms with E-state index in [4.69, 9.17) is 4.74 Å². The van der Waals surface area contributed by atoms with Crippen LogP contribution in [-0.2, 0) is 9.53 Å². The van der Waals surface area contributed by atoms with Crippen LogP contribution in [0.2, 0.25) is 0 Å². The smallest absolute Gasteiger partial charge is 0.309 e. The largest absolute Gasteiger partial charge is 0.462 e. The number of allylic oxidation sites excluding steroid dienone is 3. The van der Waals surface area contributed by atoms with Gasteiger partial charge in [-0.05, 0) is 24.7 Å². The van der Waals surface area contributed by atoms with E-state index in [0.29, 0.717) is 18.3 Å². The molecule has 18 heavy (non-hydrogen) atoms. The van der Waals surface area contributed by atoms with Gasteiger partial charge >= 0.3 is 5.97 Å². The summed E-state index contributed by atoms with van der Waals surface area (Å²) >= 11 is 0.